The van der Waals surface area contributed by atoms with Crippen molar-refractivity contribution in [1.82, 2.24) is 9.66 Å². The van der Waals surface area contributed by atoms with E-state index in [1.165, 1.54) is 4.68 Å². The van der Waals surface area contributed by atoms with E-state index in [9.17, 15) is 4.79 Å². The molecule has 156 valence electrons. The van der Waals surface area contributed by atoms with Crippen molar-refractivity contribution in [2.24, 2.45) is 5.10 Å². The van der Waals surface area contributed by atoms with Crippen molar-refractivity contribution in [2.45, 2.75) is 33.1 Å². The van der Waals surface area contributed by atoms with Crippen LogP contribution >= 0.6 is 15.9 Å². The first-order valence-electron chi connectivity index (χ1n) is 9.84. The van der Waals surface area contributed by atoms with E-state index in [1.54, 1.807) is 24.4 Å². The second kappa shape index (κ2) is 8.47. The van der Waals surface area contributed by atoms with Gasteiger partial charge in [0.1, 0.15) is 11.6 Å². The molecule has 1 aliphatic rings. The minimum absolute atomic E-state index is 0.0611. The van der Waals surface area contributed by atoms with Crippen LogP contribution in [0.3, 0.4) is 0 Å². The topological polar surface area (TPSA) is 74.9 Å². The molecule has 0 spiro atoms. The van der Waals surface area contributed by atoms with Crippen molar-refractivity contribution >= 4 is 33.0 Å². The van der Waals surface area contributed by atoms with Gasteiger partial charge >= 0.3 is 0 Å². The van der Waals surface area contributed by atoms with Gasteiger partial charge in [-0.2, -0.15) is 9.78 Å². The molecule has 0 aliphatic carbocycles. The number of hydrogen-bond acceptors (Lipinski definition) is 6. The third-order valence-electron chi connectivity index (χ3n) is 5.00. The molecule has 30 heavy (non-hydrogen) atoms. The van der Waals surface area contributed by atoms with Gasteiger partial charge < -0.3 is 14.2 Å². The molecule has 1 atom stereocenters. The van der Waals surface area contributed by atoms with Crippen LogP contribution in [0.25, 0.3) is 10.9 Å². The maximum Gasteiger partial charge on any atom is 0.282 e. The predicted octanol–water partition coefficient (Wildman–Crippen LogP) is 4.68. The Morgan fingerprint density at radius 2 is 2.03 bits per heavy atom. The molecule has 0 saturated carbocycles. The summed E-state index contributed by atoms with van der Waals surface area (Å²) in [5.41, 5.74) is 1.13. The van der Waals surface area contributed by atoms with Crippen molar-refractivity contribution in [2.75, 3.05) is 13.4 Å². The zero-order chi connectivity index (χ0) is 21.3. The summed E-state index contributed by atoms with van der Waals surface area (Å²) in [5, 5.41) is 5.02. The highest BCUT2D eigenvalue weighted by Crippen LogP contribution is 2.37. The van der Waals surface area contributed by atoms with Gasteiger partial charge in [0, 0.05) is 22.0 Å². The van der Waals surface area contributed by atoms with Crippen molar-refractivity contribution in [1.29, 1.82) is 0 Å². The molecule has 0 saturated heterocycles. The average Bonchev–Trinajstić information content (AvgIpc) is 3.20. The minimum Gasteiger partial charge on any atom is -0.493 e. The maximum absolute atomic E-state index is 13.3. The summed E-state index contributed by atoms with van der Waals surface area (Å²) in [5.74, 6) is 2.54. The average molecular weight is 472 g/mol. The first-order valence-corrected chi connectivity index (χ1v) is 10.6. The van der Waals surface area contributed by atoms with Crippen LogP contribution in [0.2, 0.25) is 0 Å². The number of fused-ring (bicyclic) bond motifs is 2. The SMILES string of the molecule is CCOc1cc2c(cc1C=Nn1c([C@H](C)CC)nc3ccc(Br)cc3c1=O)OCO2. The third kappa shape index (κ3) is 3.79. The fourth-order valence-corrected chi connectivity index (χ4v) is 3.58. The fraction of sp³-hybridized carbons (Fsp3) is 0.318. The molecule has 0 N–H and O–H groups in total. The van der Waals surface area contributed by atoms with Crippen LogP contribution in [-0.4, -0.2) is 29.3 Å². The monoisotopic (exact) mass is 471 g/mol. The van der Waals surface area contributed by atoms with Crippen molar-refractivity contribution in [3.8, 4) is 17.2 Å². The van der Waals surface area contributed by atoms with E-state index >= 15 is 0 Å². The summed E-state index contributed by atoms with van der Waals surface area (Å²) >= 11 is 3.43. The van der Waals surface area contributed by atoms with Gasteiger partial charge in [0.25, 0.3) is 5.56 Å². The van der Waals surface area contributed by atoms with Crippen LogP contribution in [0.15, 0.2) is 44.7 Å². The van der Waals surface area contributed by atoms with Gasteiger partial charge in [-0.3, -0.25) is 4.79 Å². The van der Waals surface area contributed by atoms with Gasteiger partial charge in [-0.15, -0.1) is 0 Å². The number of aromatic nitrogens is 2. The summed E-state index contributed by atoms with van der Waals surface area (Å²) in [6, 6.07) is 9.07. The number of hydrogen-bond donors (Lipinski definition) is 0. The molecule has 1 aliphatic heterocycles. The number of nitrogens with zero attached hydrogens (tertiary/aromatic N) is 3. The van der Waals surface area contributed by atoms with Crippen LogP contribution in [0.4, 0.5) is 0 Å². The molecule has 0 fully saturated rings. The molecule has 7 nitrogen and oxygen atoms in total. The Morgan fingerprint density at radius 3 is 2.77 bits per heavy atom. The van der Waals surface area contributed by atoms with Gasteiger partial charge in [-0.05, 0) is 37.6 Å². The number of ether oxygens (including phenoxy) is 3. The normalized spacial score (nSPS) is 13.9. The van der Waals surface area contributed by atoms with Crippen LogP contribution in [0, 0.1) is 0 Å². The van der Waals surface area contributed by atoms with Crippen molar-refractivity contribution < 1.29 is 14.2 Å². The van der Waals surface area contributed by atoms with Crippen molar-refractivity contribution in [3.05, 3.63) is 56.5 Å². The lowest BCUT2D eigenvalue weighted by Gasteiger charge is -2.14. The van der Waals surface area contributed by atoms with Crippen LogP contribution in [0.1, 0.15) is 44.5 Å². The summed E-state index contributed by atoms with van der Waals surface area (Å²) < 4.78 is 18.8. The highest BCUT2D eigenvalue weighted by molar-refractivity contribution is 9.10. The van der Waals surface area contributed by atoms with Gasteiger partial charge in [0.2, 0.25) is 6.79 Å². The summed E-state index contributed by atoms with van der Waals surface area (Å²) in [6.45, 7) is 6.65. The number of rotatable bonds is 6. The quantitative estimate of drug-likeness (QED) is 0.487. The molecule has 4 rings (SSSR count). The van der Waals surface area contributed by atoms with Crippen LogP contribution < -0.4 is 19.8 Å². The molecular formula is C22H22BrN3O4. The lowest BCUT2D eigenvalue weighted by Crippen LogP contribution is -2.23. The molecule has 0 bridgehead atoms. The fourth-order valence-electron chi connectivity index (χ4n) is 3.22. The molecule has 3 aromatic rings. The van der Waals surface area contributed by atoms with E-state index in [4.69, 9.17) is 19.2 Å². The Morgan fingerprint density at radius 1 is 1.27 bits per heavy atom. The highest BCUT2D eigenvalue weighted by atomic mass is 79.9. The zero-order valence-electron chi connectivity index (χ0n) is 17.0. The second-order valence-electron chi connectivity index (χ2n) is 6.98. The van der Waals surface area contributed by atoms with E-state index in [2.05, 4.69) is 28.0 Å². The largest absolute Gasteiger partial charge is 0.493 e. The third-order valence-corrected chi connectivity index (χ3v) is 5.50. The standard InChI is InChI=1S/C22H22BrN3O4/c1-4-13(3)21-25-17-7-6-15(23)9-16(17)22(27)26(21)24-11-14-8-19-20(30-12-29-19)10-18(14)28-5-2/h6-11,13H,4-5,12H2,1-3H3/t13-/m1/s1. The molecule has 8 heteroatoms. The summed E-state index contributed by atoms with van der Waals surface area (Å²) in [4.78, 5) is 18.0. The van der Waals surface area contributed by atoms with Crippen LogP contribution in [-0.2, 0) is 0 Å². The Balaban J connectivity index is 1.86. The first-order chi connectivity index (χ1) is 14.5. The van der Waals surface area contributed by atoms with Gasteiger partial charge in [0.15, 0.2) is 11.5 Å². The lowest BCUT2D eigenvalue weighted by molar-refractivity contribution is 0.174. The van der Waals surface area contributed by atoms with E-state index in [0.717, 1.165) is 10.9 Å². The smallest absolute Gasteiger partial charge is 0.282 e. The maximum atomic E-state index is 13.3. The Kier molecular flexibility index (Phi) is 5.76. The van der Waals surface area contributed by atoms with Crippen molar-refractivity contribution in [3.63, 3.8) is 0 Å². The Bertz CT molecular complexity index is 1190. The molecule has 2 heterocycles. The second-order valence-corrected chi connectivity index (χ2v) is 7.89. The highest BCUT2D eigenvalue weighted by Gasteiger charge is 2.19. The van der Waals surface area contributed by atoms with E-state index < -0.39 is 0 Å². The summed E-state index contributed by atoms with van der Waals surface area (Å²) in [6.07, 6.45) is 2.43. The minimum atomic E-state index is -0.216. The van der Waals surface area contributed by atoms with Crippen LogP contribution in [0.5, 0.6) is 17.2 Å². The predicted molar refractivity (Wildman–Crippen MR) is 119 cm³/mol. The molecular weight excluding hydrogens is 450 g/mol. The molecule has 0 radical (unpaired) electrons. The Labute approximate surface area is 182 Å². The van der Waals surface area contributed by atoms with Gasteiger partial charge in [0.05, 0.1) is 23.7 Å². The molecule has 0 unspecified atom stereocenters. The number of benzene rings is 2. The Hall–Kier alpha value is -2.87. The van der Waals surface area contributed by atoms with E-state index in [0.29, 0.717) is 46.1 Å². The molecule has 2 aromatic carbocycles. The number of halogens is 1. The van der Waals surface area contributed by atoms with E-state index in [-0.39, 0.29) is 18.3 Å². The van der Waals surface area contributed by atoms with E-state index in [1.807, 2.05) is 26.0 Å². The lowest BCUT2D eigenvalue weighted by atomic mass is 10.1. The zero-order valence-corrected chi connectivity index (χ0v) is 18.6. The van der Waals surface area contributed by atoms with Gasteiger partial charge in [-0.1, -0.05) is 29.8 Å². The molecule has 1 aromatic heterocycles. The van der Waals surface area contributed by atoms with Gasteiger partial charge in [-0.25, -0.2) is 4.98 Å². The molecule has 0 amide bonds. The summed E-state index contributed by atoms with van der Waals surface area (Å²) in [7, 11) is 0. The first kappa shape index (κ1) is 20.4.